The number of nitrogen functional groups attached to an aromatic ring is 1. The number of nitrogens with one attached hydrogen (secondary N) is 1. The maximum absolute atomic E-state index is 12.3. The third kappa shape index (κ3) is 2.34. The number of nitrogens with two attached hydrogens (primary N) is 1. The van der Waals surface area contributed by atoms with Gasteiger partial charge in [-0.05, 0) is 13.0 Å². The first-order valence-corrected chi connectivity index (χ1v) is 7.22. The summed E-state index contributed by atoms with van der Waals surface area (Å²) >= 11 is 1.22. The number of rotatable bonds is 2. The first-order valence-electron chi connectivity index (χ1n) is 6.40. The molecule has 0 bridgehead atoms. The Morgan fingerprint density at radius 2 is 2.30 bits per heavy atom. The van der Waals surface area contributed by atoms with Crippen molar-refractivity contribution in [2.45, 2.75) is 19.4 Å². The number of nitrogens with zero attached hydrogens (tertiary/aromatic N) is 1. The molecule has 3 N–H and O–H groups in total. The molecule has 20 heavy (non-hydrogen) atoms. The van der Waals surface area contributed by atoms with Crippen LogP contribution in [0.15, 0.2) is 24.3 Å². The van der Waals surface area contributed by atoms with E-state index in [0.29, 0.717) is 22.3 Å². The molecule has 104 valence electrons. The molecule has 2 heterocycles. The van der Waals surface area contributed by atoms with E-state index in [0.717, 1.165) is 17.7 Å². The van der Waals surface area contributed by atoms with Crippen molar-refractivity contribution < 1.29 is 9.53 Å². The van der Waals surface area contributed by atoms with E-state index < -0.39 is 0 Å². The van der Waals surface area contributed by atoms with Crippen molar-refractivity contribution in [2.75, 3.05) is 12.3 Å². The summed E-state index contributed by atoms with van der Waals surface area (Å²) in [6.07, 6.45) is 0.760. The first-order chi connectivity index (χ1) is 9.65. The molecule has 1 unspecified atom stereocenters. The Morgan fingerprint density at radius 1 is 1.50 bits per heavy atom. The maximum atomic E-state index is 12.3. The maximum Gasteiger partial charge on any atom is 0.263 e. The van der Waals surface area contributed by atoms with Crippen LogP contribution in [0.4, 0.5) is 5.13 Å². The summed E-state index contributed by atoms with van der Waals surface area (Å²) in [5.41, 5.74) is 7.32. The highest BCUT2D eigenvalue weighted by molar-refractivity contribution is 7.17. The molecule has 0 fully saturated rings. The number of hydrogen-bond donors (Lipinski definition) is 2. The third-order valence-electron chi connectivity index (χ3n) is 3.28. The van der Waals surface area contributed by atoms with E-state index in [2.05, 4.69) is 10.3 Å². The Morgan fingerprint density at radius 3 is 3.05 bits per heavy atom. The van der Waals surface area contributed by atoms with E-state index in [4.69, 9.17) is 10.5 Å². The molecule has 0 radical (unpaired) electrons. The van der Waals surface area contributed by atoms with Crippen LogP contribution >= 0.6 is 11.3 Å². The summed E-state index contributed by atoms with van der Waals surface area (Å²) < 4.78 is 5.59. The van der Waals surface area contributed by atoms with Crippen LogP contribution in [0.2, 0.25) is 0 Å². The molecule has 3 rings (SSSR count). The number of aryl methyl sites for hydroxylation is 1. The van der Waals surface area contributed by atoms with Crippen LogP contribution in [0.5, 0.6) is 5.75 Å². The van der Waals surface area contributed by atoms with Gasteiger partial charge in [0, 0.05) is 12.0 Å². The van der Waals surface area contributed by atoms with Gasteiger partial charge in [0.1, 0.15) is 10.6 Å². The topological polar surface area (TPSA) is 77.2 Å². The minimum Gasteiger partial charge on any atom is -0.493 e. The van der Waals surface area contributed by atoms with E-state index in [1.54, 1.807) is 6.92 Å². The number of aromatic nitrogens is 1. The molecule has 1 atom stereocenters. The van der Waals surface area contributed by atoms with Crippen molar-refractivity contribution in [3.8, 4) is 5.75 Å². The standard InChI is InChI=1S/C14H15N3O2S/c1-8-12(20-14(15)16-8)13(18)17-10-6-7-19-11-5-3-2-4-9(10)11/h2-5,10H,6-7H2,1H3,(H2,15,16)(H,17,18). The average molecular weight is 289 g/mol. The zero-order chi connectivity index (χ0) is 14.1. The summed E-state index contributed by atoms with van der Waals surface area (Å²) in [5, 5.41) is 3.46. The average Bonchev–Trinajstić information content (AvgIpc) is 2.78. The number of carbonyl (C=O) groups excluding carboxylic acids is 1. The van der Waals surface area contributed by atoms with Gasteiger partial charge < -0.3 is 15.8 Å². The minimum atomic E-state index is -0.126. The molecule has 1 aromatic carbocycles. The number of benzene rings is 1. The molecule has 1 aliphatic heterocycles. The van der Waals surface area contributed by atoms with Gasteiger partial charge in [-0.25, -0.2) is 4.98 Å². The predicted octanol–water partition coefficient (Wildman–Crippen LogP) is 2.29. The quantitative estimate of drug-likeness (QED) is 0.889. The number of amides is 1. The summed E-state index contributed by atoms with van der Waals surface area (Å²) in [5.74, 6) is 0.711. The van der Waals surface area contributed by atoms with E-state index >= 15 is 0 Å². The van der Waals surface area contributed by atoms with Crippen LogP contribution in [0, 0.1) is 6.92 Å². The fourth-order valence-electron chi connectivity index (χ4n) is 2.34. The van der Waals surface area contributed by atoms with Gasteiger partial charge >= 0.3 is 0 Å². The van der Waals surface area contributed by atoms with E-state index in [1.165, 1.54) is 11.3 Å². The molecule has 1 aliphatic rings. The van der Waals surface area contributed by atoms with Crippen molar-refractivity contribution in [3.63, 3.8) is 0 Å². The van der Waals surface area contributed by atoms with Crippen LogP contribution < -0.4 is 15.8 Å². The molecule has 2 aromatic rings. The minimum absolute atomic E-state index is 0.0322. The number of carbonyl (C=O) groups is 1. The first kappa shape index (κ1) is 12.9. The van der Waals surface area contributed by atoms with Crippen LogP contribution in [-0.2, 0) is 0 Å². The predicted molar refractivity (Wildman–Crippen MR) is 78.0 cm³/mol. The zero-order valence-electron chi connectivity index (χ0n) is 11.1. The lowest BCUT2D eigenvalue weighted by Crippen LogP contribution is -2.32. The van der Waals surface area contributed by atoms with Gasteiger partial charge in [-0.1, -0.05) is 29.5 Å². The van der Waals surface area contributed by atoms with Crippen LogP contribution in [-0.4, -0.2) is 17.5 Å². The van der Waals surface area contributed by atoms with Crippen molar-refractivity contribution in [2.24, 2.45) is 0 Å². The largest absolute Gasteiger partial charge is 0.493 e. The highest BCUT2D eigenvalue weighted by Crippen LogP contribution is 2.32. The zero-order valence-corrected chi connectivity index (χ0v) is 11.9. The van der Waals surface area contributed by atoms with Gasteiger partial charge in [0.05, 0.1) is 18.3 Å². The lowest BCUT2D eigenvalue weighted by Gasteiger charge is -2.26. The number of ether oxygens (including phenoxy) is 1. The summed E-state index contributed by atoms with van der Waals surface area (Å²) in [7, 11) is 0. The highest BCUT2D eigenvalue weighted by Gasteiger charge is 2.24. The summed E-state index contributed by atoms with van der Waals surface area (Å²) in [6, 6.07) is 7.74. The van der Waals surface area contributed by atoms with Gasteiger partial charge in [0.25, 0.3) is 5.91 Å². The smallest absolute Gasteiger partial charge is 0.263 e. The Balaban J connectivity index is 1.82. The number of para-hydroxylation sites is 1. The van der Waals surface area contributed by atoms with Crippen molar-refractivity contribution >= 4 is 22.4 Å². The monoisotopic (exact) mass is 289 g/mol. The van der Waals surface area contributed by atoms with Gasteiger partial charge in [-0.15, -0.1) is 0 Å². The highest BCUT2D eigenvalue weighted by atomic mass is 32.1. The second-order valence-electron chi connectivity index (χ2n) is 4.67. The van der Waals surface area contributed by atoms with Crippen molar-refractivity contribution in [1.82, 2.24) is 10.3 Å². The fraction of sp³-hybridized carbons (Fsp3) is 0.286. The molecule has 5 nitrogen and oxygen atoms in total. The number of thiazole rings is 1. The normalized spacial score (nSPS) is 17.1. The van der Waals surface area contributed by atoms with E-state index in [-0.39, 0.29) is 11.9 Å². The number of anilines is 1. The van der Waals surface area contributed by atoms with Gasteiger partial charge in [0.15, 0.2) is 5.13 Å². The Bertz CT molecular complexity index is 654. The molecule has 1 amide bonds. The number of hydrogen-bond acceptors (Lipinski definition) is 5. The van der Waals surface area contributed by atoms with E-state index in [1.807, 2.05) is 24.3 Å². The summed E-state index contributed by atoms with van der Waals surface area (Å²) in [4.78, 5) is 17.0. The second-order valence-corrected chi connectivity index (χ2v) is 5.70. The van der Waals surface area contributed by atoms with Crippen molar-refractivity contribution in [1.29, 1.82) is 0 Å². The van der Waals surface area contributed by atoms with Crippen LogP contribution in [0.3, 0.4) is 0 Å². The molecule has 0 saturated heterocycles. The van der Waals surface area contributed by atoms with Gasteiger partial charge in [-0.3, -0.25) is 4.79 Å². The SMILES string of the molecule is Cc1nc(N)sc1C(=O)NC1CCOc2ccccc21. The molecule has 0 saturated carbocycles. The Labute approximate surface area is 120 Å². The van der Waals surface area contributed by atoms with Crippen LogP contribution in [0.1, 0.15) is 33.4 Å². The lowest BCUT2D eigenvalue weighted by atomic mass is 10.0. The Hall–Kier alpha value is -2.08. The fourth-order valence-corrected chi connectivity index (χ4v) is 3.08. The second kappa shape index (κ2) is 5.13. The molecule has 6 heteroatoms. The van der Waals surface area contributed by atoms with Crippen LogP contribution in [0.25, 0.3) is 0 Å². The molecule has 0 spiro atoms. The van der Waals surface area contributed by atoms with Gasteiger partial charge in [-0.2, -0.15) is 0 Å². The Kier molecular flexibility index (Phi) is 3.31. The number of fused-ring (bicyclic) bond motifs is 1. The summed E-state index contributed by atoms with van der Waals surface area (Å²) in [6.45, 7) is 2.39. The van der Waals surface area contributed by atoms with E-state index in [9.17, 15) is 4.79 Å². The molecular weight excluding hydrogens is 274 g/mol. The van der Waals surface area contributed by atoms with Crippen molar-refractivity contribution in [3.05, 3.63) is 40.4 Å². The third-order valence-corrected chi connectivity index (χ3v) is 4.27. The lowest BCUT2D eigenvalue weighted by molar-refractivity contribution is 0.0928. The molecule has 1 aromatic heterocycles. The van der Waals surface area contributed by atoms with Gasteiger partial charge in [0.2, 0.25) is 0 Å². The molecule has 0 aliphatic carbocycles. The molecular formula is C14H15N3O2S.